The summed E-state index contributed by atoms with van der Waals surface area (Å²) >= 11 is 0. The van der Waals surface area contributed by atoms with Crippen molar-refractivity contribution in [2.45, 2.75) is 248 Å². The number of carbonyl (C=O) groups excluding carboxylic acids is 2. The molecule has 0 saturated heterocycles. The van der Waals surface area contributed by atoms with Gasteiger partial charge in [-0.3, -0.25) is 19.2 Å². The number of rotatable bonds is 28. The lowest BCUT2D eigenvalue weighted by Gasteiger charge is -2.28. The zero-order valence-electron chi connectivity index (χ0n) is 57.5. The molecule has 0 aliphatic carbocycles. The monoisotopic (exact) mass is 1220 g/mol. The molecule has 88 heavy (non-hydrogen) atoms. The van der Waals surface area contributed by atoms with E-state index >= 15 is 0 Å². The molecule has 0 spiro atoms. The van der Waals surface area contributed by atoms with Crippen LogP contribution in [-0.2, 0) is 96.3 Å². The molecular weight excluding hydrogens is 1110 g/mol. The second kappa shape index (κ2) is 32.6. The minimum absolute atomic E-state index is 0.136. The zero-order valence-corrected chi connectivity index (χ0v) is 57.5. The molecule has 0 aromatic heterocycles. The standard InChI is InChI=1S/C40H62O6.C34H50O8/c1-37(2,3)29-21-25(22-30(33(29)41)38(4,5)6)19-27(35(43)44)17-15-13-14-16-18-28(36(45)46)20-26-23-31(39(7,8)9)34(42)32(24-26)40(10,11)12;1-23-19-25(31(37)27(21-23)33(3,4)5)9-11-29(35)41-17-15-39-13-14-40-16-18-42-30(36)12-10-26-20-24(2)22-28(32(26)38)34(6,7)8/h21-24,27-28,41-42H,13-20H2,1-12H3,(H,43,44)(H,45,46);19-22,37-38H,9-18H2,1-8H3. The van der Waals surface area contributed by atoms with E-state index in [1.165, 1.54) is 0 Å². The van der Waals surface area contributed by atoms with Crippen LogP contribution in [0, 0.1) is 25.7 Å². The Kier molecular flexibility index (Phi) is 28.2. The molecule has 492 valence electrons. The summed E-state index contributed by atoms with van der Waals surface area (Å²) in [5.41, 5.74) is 9.03. The van der Waals surface area contributed by atoms with E-state index in [0.29, 0.717) is 63.2 Å². The third kappa shape index (κ3) is 24.7. The summed E-state index contributed by atoms with van der Waals surface area (Å²) in [6, 6.07) is 15.6. The van der Waals surface area contributed by atoms with Gasteiger partial charge in [-0.1, -0.05) is 210 Å². The van der Waals surface area contributed by atoms with Crippen molar-refractivity contribution in [2.75, 3.05) is 39.6 Å². The smallest absolute Gasteiger partial charge is 0.306 e. The highest BCUT2D eigenvalue weighted by molar-refractivity contribution is 5.72. The number of aromatic hydroxyl groups is 4. The molecule has 4 aromatic carbocycles. The summed E-state index contributed by atoms with van der Waals surface area (Å²) < 4.78 is 21.3. The summed E-state index contributed by atoms with van der Waals surface area (Å²) in [6.07, 6.45) is 6.26. The van der Waals surface area contributed by atoms with Crippen molar-refractivity contribution in [3.8, 4) is 23.0 Å². The molecule has 0 fully saturated rings. The fraction of sp³-hybridized carbons (Fsp3) is 0.622. The molecule has 0 amide bonds. The summed E-state index contributed by atoms with van der Waals surface area (Å²) in [6.45, 7) is 42.3. The van der Waals surface area contributed by atoms with Crippen LogP contribution in [0.1, 0.15) is 243 Å². The maximum atomic E-state index is 12.3. The van der Waals surface area contributed by atoms with E-state index in [2.05, 4.69) is 83.1 Å². The lowest BCUT2D eigenvalue weighted by molar-refractivity contribution is -0.147. The van der Waals surface area contributed by atoms with E-state index in [9.17, 15) is 49.8 Å². The fourth-order valence-corrected chi connectivity index (χ4v) is 10.8. The topological polar surface area (TPSA) is 227 Å². The largest absolute Gasteiger partial charge is 0.507 e. The first kappa shape index (κ1) is 76.1. The molecule has 0 saturated carbocycles. The fourth-order valence-electron chi connectivity index (χ4n) is 10.8. The van der Waals surface area contributed by atoms with Crippen molar-refractivity contribution in [1.29, 1.82) is 0 Å². The number of ether oxygens (including phenoxy) is 4. The molecule has 0 aliphatic rings. The number of esters is 2. The lowest BCUT2D eigenvalue weighted by atomic mass is 9.77. The highest BCUT2D eigenvalue weighted by Gasteiger charge is 2.31. The molecule has 0 heterocycles. The van der Waals surface area contributed by atoms with Crippen LogP contribution in [-0.4, -0.2) is 94.2 Å². The van der Waals surface area contributed by atoms with Gasteiger partial charge in [0.15, 0.2) is 0 Å². The van der Waals surface area contributed by atoms with Gasteiger partial charge in [-0.05, 0) is 140 Å². The van der Waals surface area contributed by atoms with Gasteiger partial charge in [0.1, 0.15) is 36.2 Å². The molecule has 4 rings (SSSR count). The van der Waals surface area contributed by atoms with Crippen LogP contribution in [0.2, 0.25) is 0 Å². The highest BCUT2D eigenvalue weighted by atomic mass is 16.6. The van der Waals surface area contributed by atoms with Crippen LogP contribution in [0.5, 0.6) is 23.0 Å². The van der Waals surface area contributed by atoms with E-state index in [-0.39, 0.29) is 95.2 Å². The van der Waals surface area contributed by atoms with Crippen LogP contribution in [0.4, 0.5) is 0 Å². The molecule has 0 radical (unpaired) electrons. The summed E-state index contributed by atoms with van der Waals surface area (Å²) in [5.74, 6) is -2.29. The van der Waals surface area contributed by atoms with E-state index in [1.54, 1.807) is 0 Å². The number of phenols is 4. The van der Waals surface area contributed by atoms with Crippen LogP contribution in [0.3, 0.4) is 0 Å². The highest BCUT2D eigenvalue weighted by Crippen LogP contribution is 2.43. The van der Waals surface area contributed by atoms with Crippen LogP contribution in [0.15, 0.2) is 48.5 Å². The van der Waals surface area contributed by atoms with Crippen molar-refractivity contribution >= 4 is 23.9 Å². The average molecular weight is 1230 g/mol. The lowest BCUT2D eigenvalue weighted by Crippen LogP contribution is -2.21. The van der Waals surface area contributed by atoms with Gasteiger partial charge in [-0.25, -0.2) is 0 Å². The number of aryl methyl sites for hydroxylation is 4. The van der Waals surface area contributed by atoms with Gasteiger partial charge in [0, 0.05) is 12.8 Å². The second-order valence-corrected chi connectivity index (χ2v) is 30.4. The van der Waals surface area contributed by atoms with E-state index in [4.69, 9.17) is 18.9 Å². The second-order valence-electron chi connectivity index (χ2n) is 30.4. The molecule has 6 N–H and O–H groups in total. The summed E-state index contributed by atoms with van der Waals surface area (Å²) in [5, 5.41) is 63.5. The number of carbonyl (C=O) groups is 4. The summed E-state index contributed by atoms with van der Waals surface area (Å²) in [7, 11) is 0. The number of carboxylic acid groups (broad SMARTS) is 2. The Balaban J connectivity index is 0.000000462. The average Bonchev–Trinajstić information content (AvgIpc) is 1.18. The third-order valence-electron chi connectivity index (χ3n) is 15.9. The van der Waals surface area contributed by atoms with Crippen molar-refractivity contribution in [2.24, 2.45) is 11.8 Å². The maximum Gasteiger partial charge on any atom is 0.306 e. The number of hydrogen-bond acceptors (Lipinski definition) is 12. The Morgan fingerprint density at radius 3 is 0.898 bits per heavy atom. The van der Waals surface area contributed by atoms with Crippen LogP contribution < -0.4 is 0 Å². The van der Waals surface area contributed by atoms with Gasteiger partial charge in [-0.15, -0.1) is 0 Å². The Bertz CT molecular complexity index is 2670. The number of benzene rings is 4. The SMILES string of the molecule is CC(C)(C)c1cc(CC(CCCCCCC(Cc2cc(C(C)(C)C)c(O)c(C(C)(C)C)c2)C(=O)O)C(=O)O)cc(C(C)(C)C)c1O.Cc1cc(CCC(=O)OCCOCCOCCOC(=O)CCc2cc(C)cc(C(C)(C)C)c2O)c(O)c(C(C)(C)C)c1. The first-order valence-electron chi connectivity index (χ1n) is 31.7. The first-order valence-corrected chi connectivity index (χ1v) is 31.7. The number of aliphatic carboxylic acids is 2. The quantitative estimate of drug-likeness (QED) is 0.0230. The predicted octanol–water partition coefficient (Wildman–Crippen LogP) is 15.8. The Morgan fingerprint density at radius 2 is 0.636 bits per heavy atom. The van der Waals surface area contributed by atoms with Gasteiger partial charge in [-0.2, -0.15) is 0 Å². The third-order valence-corrected chi connectivity index (χ3v) is 15.9. The molecule has 2 unspecified atom stereocenters. The maximum absolute atomic E-state index is 12.3. The minimum Gasteiger partial charge on any atom is -0.507 e. The first-order chi connectivity index (χ1) is 40.4. The Labute approximate surface area is 528 Å². The van der Waals surface area contributed by atoms with Crippen molar-refractivity contribution in [3.05, 3.63) is 115 Å². The minimum atomic E-state index is -0.813. The van der Waals surface area contributed by atoms with Gasteiger partial charge in [0.25, 0.3) is 0 Å². The van der Waals surface area contributed by atoms with E-state index in [1.807, 2.05) is 104 Å². The molecule has 0 aliphatic heterocycles. The van der Waals surface area contributed by atoms with Gasteiger partial charge >= 0.3 is 23.9 Å². The number of hydrogen-bond donors (Lipinski definition) is 6. The van der Waals surface area contributed by atoms with Crippen LogP contribution >= 0.6 is 0 Å². The van der Waals surface area contributed by atoms with E-state index < -0.39 is 23.8 Å². The molecule has 0 bridgehead atoms. The van der Waals surface area contributed by atoms with Gasteiger partial charge in [0.2, 0.25) is 0 Å². The van der Waals surface area contributed by atoms with E-state index in [0.717, 1.165) is 92.4 Å². The number of phenolic OH excluding ortho intramolecular Hbond substituents is 4. The normalized spacial score (nSPS) is 13.1. The van der Waals surface area contributed by atoms with Gasteiger partial charge in [0.05, 0.1) is 38.3 Å². The van der Waals surface area contributed by atoms with Crippen LogP contribution in [0.25, 0.3) is 0 Å². The molecule has 14 nitrogen and oxygen atoms in total. The Morgan fingerprint density at radius 1 is 0.375 bits per heavy atom. The predicted molar refractivity (Wildman–Crippen MR) is 352 cm³/mol. The van der Waals surface area contributed by atoms with Crippen molar-refractivity contribution in [1.82, 2.24) is 0 Å². The summed E-state index contributed by atoms with van der Waals surface area (Å²) in [4.78, 5) is 48.8. The molecular formula is C74H112O14. The molecule has 4 aromatic rings. The molecule has 14 heteroatoms. The molecule has 2 atom stereocenters. The van der Waals surface area contributed by atoms with Gasteiger partial charge < -0.3 is 49.6 Å². The zero-order chi connectivity index (χ0) is 66.9. The van der Waals surface area contributed by atoms with Crippen molar-refractivity contribution in [3.63, 3.8) is 0 Å². The Hall–Kier alpha value is -6.12. The van der Waals surface area contributed by atoms with Crippen molar-refractivity contribution < 1.29 is 68.8 Å². The number of carboxylic acids is 2. The number of unbranched alkanes of at least 4 members (excludes halogenated alkanes) is 3.